The van der Waals surface area contributed by atoms with Crippen LogP contribution in [-0.2, 0) is 9.59 Å². The zero-order chi connectivity index (χ0) is 15.3. The van der Waals surface area contributed by atoms with Crippen LogP contribution in [0.15, 0.2) is 25.6 Å². The molecule has 0 heterocycles. The number of carboxylic acid groups (broad SMARTS) is 1. The van der Waals surface area contributed by atoms with Crippen LogP contribution < -0.4 is 5.32 Å². The number of rotatable bonds is 6. The molecular formula is C12H12Br3NO3S. The fourth-order valence-electron chi connectivity index (χ4n) is 1.36. The molecule has 0 saturated heterocycles. The number of aliphatic carboxylic acids is 1. The smallest absolute Gasteiger partial charge is 0.304 e. The molecule has 0 aliphatic heterocycles. The van der Waals surface area contributed by atoms with Crippen LogP contribution in [0.25, 0.3) is 0 Å². The summed E-state index contributed by atoms with van der Waals surface area (Å²) in [6, 6.07) is 3.67. The van der Waals surface area contributed by atoms with E-state index in [0.29, 0.717) is 5.69 Å². The summed E-state index contributed by atoms with van der Waals surface area (Å²) in [7, 11) is 0. The van der Waals surface area contributed by atoms with E-state index in [9.17, 15) is 9.59 Å². The number of amides is 1. The highest BCUT2D eigenvalue weighted by molar-refractivity contribution is 9.11. The van der Waals surface area contributed by atoms with Crippen LogP contribution in [0, 0.1) is 0 Å². The second kappa shape index (κ2) is 8.41. The molecule has 8 heteroatoms. The van der Waals surface area contributed by atoms with Crippen molar-refractivity contribution in [3.05, 3.63) is 25.6 Å². The van der Waals surface area contributed by atoms with Crippen molar-refractivity contribution >= 4 is 77.1 Å². The minimum Gasteiger partial charge on any atom is -0.481 e. The average molecular weight is 490 g/mol. The molecule has 0 aliphatic rings. The van der Waals surface area contributed by atoms with Gasteiger partial charge in [-0.2, -0.15) is 0 Å². The normalized spacial score (nSPS) is 12.0. The predicted molar refractivity (Wildman–Crippen MR) is 92.3 cm³/mol. The van der Waals surface area contributed by atoms with Gasteiger partial charge in [-0.15, -0.1) is 11.8 Å². The van der Waals surface area contributed by atoms with Gasteiger partial charge in [0.15, 0.2) is 0 Å². The molecule has 0 fully saturated rings. The Hall–Kier alpha value is -0.0500. The maximum Gasteiger partial charge on any atom is 0.304 e. The number of hydrogen-bond donors (Lipinski definition) is 2. The van der Waals surface area contributed by atoms with Gasteiger partial charge in [0, 0.05) is 18.7 Å². The first-order valence-corrected chi connectivity index (χ1v) is 9.00. The SMILES string of the molecule is CC(CC(=O)O)SCC(=O)Nc1c(Br)cc(Br)cc1Br. The molecule has 1 aromatic carbocycles. The number of carbonyl (C=O) groups excluding carboxylic acids is 1. The summed E-state index contributed by atoms with van der Waals surface area (Å²) in [6.07, 6.45) is 0.0453. The van der Waals surface area contributed by atoms with Crippen molar-refractivity contribution < 1.29 is 14.7 Å². The topological polar surface area (TPSA) is 66.4 Å². The summed E-state index contributed by atoms with van der Waals surface area (Å²) in [4.78, 5) is 22.4. The number of benzene rings is 1. The van der Waals surface area contributed by atoms with E-state index >= 15 is 0 Å². The summed E-state index contributed by atoms with van der Waals surface area (Å²) >= 11 is 11.4. The Bertz CT molecular complexity index is 502. The summed E-state index contributed by atoms with van der Waals surface area (Å²) in [5, 5.41) is 11.3. The number of nitrogens with one attached hydrogen (secondary N) is 1. The fraction of sp³-hybridized carbons (Fsp3) is 0.333. The Labute approximate surface area is 146 Å². The molecular weight excluding hydrogens is 478 g/mol. The van der Waals surface area contributed by atoms with Crippen molar-refractivity contribution in [2.24, 2.45) is 0 Å². The maximum absolute atomic E-state index is 11.9. The van der Waals surface area contributed by atoms with E-state index < -0.39 is 5.97 Å². The van der Waals surface area contributed by atoms with Crippen LogP contribution in [0.5, 0.6) is 0 Å². The van der Waals surface area contributed by atoms with Crippen molar-refractivity contribution in [3.63, 3.8) is 0 Å². The largest absolute Gasteiger partial charge is 0.481 e. The van der Waals surface area contributed by atoms with Crippen LogP contribution in [0.3, 0.4) is 0 Å². The monoisotopic (exact) mass is 487 g/mol. The minimum absolute atomic E-state index is 0.0453. The van der Waals surface area contributed by atoms with E-state index in [4.69, 9.17) is 5.11 Å². The second-order valence-corrected chi connectivity index (χ2v) is 8.06. The van der Waals surface area contributed by atoms with E-state index in [-0.39, 0.29) is 23.3 Å². The van der Waals surface area contributed by atoms with Crippen LogP contribution in [0.1, 0.15) is 13.3 Å². The quantitative estimate of drug-likeness (QED) is 0.617. The number of carbonyl (C=O) groups is 2. The van der Waals surface area contributed by atoms with Gasteiger partial charge < -0.3 is 10.4 Å². The third kappa shape index (κ3) is 6.15. The van der Waals surface area contributed by atoms with Crippen LogP contribution >= 0.6 is 59.6 Å². The molecule has 0 bridgehead atoms. The molecule has 1 aromatic rings. The minimum atomic E-state index is -0.858. The van der Waals surface area contributed by atoms with Gasteiger partial charge in [-0.25, -0.2) is 0 Å². The molecule has 1 unspecified atom stereocenters. The lowest BCUT2D eigenvalue weighted by Crippen LogP contribution is -2.17. The number of carboxylic acids is 1. The van der Waals surface area contributed by atoms with Crippen LogP contribution in [0.4, 0.5) is 5.69 Å². The molecule has 1 atom stereocenters. The zero-order valence-corrected chi connectivity index (χ0v) is 16.0. The zero-order valence-electron chi connectivity index (χ0n) is 10.5. The van der Waals surface area contributed by atoms with Crippen LogP contribution in [-0.4, -0.2) is 28.0 Å². The van der Waals surface area contributed by atoms with Gasteiger partial charge in [-0.1, -0.05) is 22.9 Å². The Kier molecular flexibility index (Phi) is 7.57. The van der Waals surface area contributed by atoms with Gasteiger partial charge in [-0.3, -0.25) is 9.59 Å². The average Bonchev–Trinajstić information content (AvgIpc) is 2.30. The number of anilines is 1. The van der Waals surface area contributed by atoms with Gasteiger partial charge in [0.2, 0.25) is 5.91 Å². The standard InChI is InChI=1S/C12H12Br3NO3S/c1-6(2-11(18)19)20-5-10(17)16-12-8(14)3-7(13)4-9(12)15/h3-4,6H,2,5H2,1H3,(H,16,17)(H,18,19). The van der Waals surface area contributed by atoms with Crippen molar-refractivity contribution in [3.8, 4) is 0 Å². The molecule has 0 radical (unpaired) electrons. The first kappa shape index (κ1) is 18.0. The van der Waals surface area contributed by atoms with E-state index in [1.165, 1.54) is 11.8 Å². The number of halogens is 3. The molecule has 1 rings (SSSR count). The van der Waals surface area contributed by atoms with Crippen LogP contribution in [0.2, 0.25) is 0 Å². The van der Waals surface area contributed by atoms with Crippen molar-refractivity contribution in [1.29, 1.82) is 0 Å². The first-order chi connectivity index (χ1) is 9.29. The van der Waals surface area contributed by atoms with Gasteiger partial charge >= 0.3 is 5.97 Å². The fourth-order valence-corrected chi connectivity index (χ4v) is 4.59. The Balaban J connectivity index is 2.57. The lowest BCUT2D eigenvalue weighted by atomic mass is 10.3. The van der Waals surface area contributed by atoms with Gasteiger partial charge in [0.25, 0.3) is 0 Å². The van der Waals surface area contributed by atoms with Gasteiger partial charge in [0.1, 0.15) is 0 Å². The van der Waals surface area contributed by atoms with Gasteiger partial charge in [-0.05, 0) is 44.0 Å². The Morgan fingerprint density at radius 2 is 1.85 bits per heavy atom. The Morgan fingerprint density at radius 3 is 2.35 bits per heavy atom. The summed E-state index contributed by atoms with van der Waals surface area (Å²) in [6.45, 7) is 1.79. The van der Waals surface area contributed by atoms with E-state index in [0.717, 1.165) is 13.4 Å². The summed E-state index contributed by atoms with van der Waals surface area (Å²) in [5.74, 6) is -0.816. The summed E-state index contributed by atoms with van der Waals surface area (Å²) in [5.41, 5.74) is 0.657. The predicted octanol–water partition coefficient (Wildman–Crippen LogP) is 4.51. The molecule has 1 amide bonds. The summed E-state index contributed by atoms with van der Waals surface area (Å²) < 4.78 is 2.41. The lowest BCUT2D eigenvalue weighted by molar-refractivity contribution is -0.136. The number of thioether (sulfide) groups is 1. The molecule has 4 nitrogen and oxygen atoms in total. The highest BCUT2D eigenvalue weighted by Gasteiger charge is 2.13. The molecule has 110 valence electrons. The third-order valence-electron chi connectivity index (χ3n) is 2.23. The van der Waals surface area contributed by atoms with E-state index in [1.54, 1.807) is 6.92 Å². The third-order valence-corrected chi connectivity index (χ3v) is 5.11. The molecule has 2 N–H and O–H groups in total. The molecule has 0 spiro atoms. The first-order valence-electron chi connectivity index (χ1n) is 5.57. The van der Waals surface area contributed by atoms with Crippen molar-refractivity contribution in [1.82, 2.24) is 0 Å². The van der Waals surface area contributed by atoms with Gasteiger partial charge in [0.05, 0.1) is 17.9 Å². The molecule has 0 saturated carbocycles. The highest BCUT2D eigenvalue weighted by Crippen LogP contribution is 2.34. The number of hydrogen-bond acceptors (Lipinski definition) is 3. The molecule has 0 aliphatic carbocycles. The Morgan fingerprint density at radius 1 is 1.30 bits per heavy atom. The van der Waals surface area contributed by atoms with E-state index in [1.807, 2.05) is 12.1 Å². The van der Waals surface area contributed by atoms with Crippen molar-refractivity contribution in [2.75, 3.05) is 11.1 Å². The molecule has 0 aromatic heterocycles. The van der Waals surface area contributed by atoms with Crippen molar-refractivity contribution in [2.45, 2.75) is 18.6 Å². The maximum atomic E-state index is 11.9. The van der Waals surface area contributed by atoms with E-state index in [2.05, 4.69) is 53.1 Å². The highest BCUT2D eigenvalue weighted by atomic mass is 79.9. The second-order valence-electron chi connectivity index (χ2n) is 4.01. The molecule has 20 heavy (non-hydrogen) atoms. The lowest BCUT2D eigenvalue weighted by Gasteiger charge is -2.12.